The van der Waals surface area contributed by atoms with Gasteiger partial charge in [0.05, 0.1) is 15.7 Å². The zero-order valence-electron chi connectivity index (χ0n) is 11.6. The highest BCUT2D eigenvalue weighted by atomic mass is 35.5. The van der Waals surface area contributed by atoms with Crippen LogP contribution in [0.5, 0.6) is 0 Å². The van der Waals surface area contributed by atoms with Crippen LogP contribution >= 0.6 is 23.2 Å². The van der Waals surface area contributed by atoms with Crippen LogP contribution in [0, 0.1) is 0 Å². The molecule has 1 aromatic rings. The number of hydrogen-bond donors (Lipinski definition) is 1. The minimum Gasteiger partial charge on any atom is -0.356 e. The number of hydrogen-bond acceptors (Lipinski definition) is 2. The second-order valence-electron chi connectivity index (χ2n) is 4.34. The Morgan fingerprint density at radius 2 is 2.00 bits per heavy atom. The number of benzene rings is 1. The van der Waals surface area contributed by atoms with Gasteiger partial charge in [0.25, 0.3) is 0 Å². The van der Waals surface area contributed by atoms with Crippen molar-refractivity contribution in [2.24, 2.45) is 0 Å². The maximum atomic E-state index is 11.7. The van der Waals surface area contributed by atoms with Crippen molar-refractivity contribution in [3.63, 3.8) is 0 Å². The van der Waals surface area contributed by atoms with Gasteiger partial charge in [-0.2, -0.15) is 0 Å². The Bertz CT molecular complexity index is 492. The van der Waals surface area contributed by atoms with Crippen LogP contribution in [0.4, 0.5) is 5.69 Å². The quantitative estimate of drug-likeness (QED) is 0.875. The van der Waals surface area contributed by atoms with Crippen molar-refractivity contribution in [1.82, 2.24) is 5.32 Å². The van der Waals surface area contributed by atoms with Crippen LogP contribution in [-0.2, 0) is 9.59 Å². The molecule has 1 N–H and O–H groups in total. The molecule has 1 aromatic carbocycles. The average Bonchev–Trinajstić information content (AvgIpc) is 2.40. The molecule has 2 amide bonds. The first-order chi connectivity index (χ1) is 9.47. The van der Waals surface area contributed by atoms with Gasteiger partial charge >= 0.3 is 0 Å². The van der Waals surface area contributed by atoms with Gasteiger partial charge in [-0.25, -0.2) is 0 Å². The Kier molecular flexibility index (Phi) is 6.82. The van der Waals surface area contributed by atoms with E-state index in [0.29, 0.717) is 22.3 Å². The second kappa shape index (κ2) is 8.12. The van der Waals surface area contributed by atoms with E-state index in [1.54, 1.807) is 18.2 Å². The molecule has 110 valence electrons. The van der Waals surface area contributed by atoms with E-state index in [0.717, 1.165) is 6.42 Å². The minimum atomic E-state index is -0.183. The monoisotopic (exact) mass is 316 g/mol. The normalized spacial score (nSPS) is 10.2. The fourth-order valence-electron chi connectivity index (χ4n) is 1.71. The lowest BCUT2D eigenvalue weighted by molar-refractivity contribution is -0.121. The Labute approximate surface area is 129 Å². The van der Waals surface area contributed by atoms with Crippen LogP contribution in [0.2, 0.25) is 10.0 Å². The zero-order valence-corrected chi connectivity index (χ0v) is 13.1. The van der Waals surface area contributed by atoms with Crippen LogP contribution in [0.1, 0.15) is 26.7 Å². The van der Waals surface area contributed by atoms with Crippen LogP contribution in [-0.4, -0.2) is 24.9 Å². The molecule has 0 radical (unpaired) electrons. The molecule has 0 aromatic heterocycles. The zero-order chi connectivity index (χ0) is 15.1. The minimum absolute atomic E-state index is 0.0868. The first kappa shape index (κ1) is 16.8. The fraction of sp³-hybridized carbons (Fsp3) is 0.429. The Balaban J connectivity index is 2.78. The molecule has 0 saturated carbocycles. The molecule has 0 fully saturated rings. The fourth-order valence-corrected chi connectivity index (χ4v) is 2.11. The molecule has 20 heavy (non-hydrogen) atoms. The van der Waals surface area contributed by atoms with E-state index in [9.17, 15) is 9.59 Å². The molecular formula is C14H18Cl2N2O2. The molecule has 0 bridgehead atoms. The van der Waals surface area contributed by atoms with E-state index in [-0.39, 0.29) is 24.8 Å². The first-order valence-electron chi connectivity index (χ1n) is 6.46. The number of anilines is 1. The molecule has 0 spiro atoms. The van der Waals surface area contributed by atoms with Crippen LogP contribution < -0.4 is 10.2 Å². The van der Waals surface area contributed by atoms with Gasteiger partial charge in [0.2, 0.25) is 11.8 Å². The summed E-state index contributed by atoms with van der Waals surface area (Å²) in [4.78, 5) is 24.8. The lowest BCUT2D eigenvalue weighted by Gasteiger charge is -2.22. The van der Waals surface area contributed by atoms with E-state index in [4.69, 9.17) is 23.2 Å². The molecule has 0 saturated heterocycles. The molecular weight excluding hydrogens is 299 g/mol. The highest BCUT2D eigenvalue weighted by Crippen LogP contribution is 2.32. The summed E-state index contributed by atoms with van der Waals surface area (Å²) in [5.41, 5.74) is 0.523. The van der Waals surface area contributed by atoms with E-state index >= 15 is 0 Å². The van der Waals surface area contributed by atoms with Crippen molar-refractivity contribution in [3.05, 3.63) is 28.2 Å². The Morgan fingerprint density at radius 3 is 2.60 bits per heavy atom. The summed E-state index contributed by atoms with van der Waals surface area (Å²) >= 11 is 12.0. The number of amides is 2. The third-order valence-electron chi connectivity index (χ3n) is 2.74. The van der Waals surface area contributed by atoms with Crippen molar-refractivity contribution >= 4 is 40.7 Å². The second-order valence-corrected chi connectivity index (χ2v) is 5.13. The summed E-state index contributed by atoms with van der Waals surface area (Å²) in [5.74, 6) is -0.270. The molecule has 0 heterocycles. The number of carbonyl (C=O) groups is 2. The Hall–Kier alpha value is -1.26. The van der Waals surface area contributed by atoms with Crippen molar-refractivity contribution < 1.29 is 9.59 Å². The third kappa shape index (κ3) is 4.69. The SMILES string of the molecule is CCCNC(=O)CCN(C(C)=O)c1cccc(Cl)c1Cl. The summed E-state index contributed by atoms with van der Waals surface area (Å²) in [5, 5.41) is 3.47. The van der Waals surface area contributed by atoms with E-state index in [1.807, 2.05) is 6.92 Å². The van der Waals surface area contributed by atoms with Gasteiger partial charge in [-0.05, 0) is 18.6 Å². The molecule has 4 nitrogen and oxygen atoms in total. The predicted molar refractivity (Wildman–Crippen MR) is 82.4 cm³/mol. The highest BCUT2D eigenvalue weighted by molar-refractivity contribution is 6.44. The standard InChI is InChI=1S/C14H18Cl2N2O2/c1-3-8-17-13(20)7-9-18(10(2)19)12-6-4-5-11(15)14(12)16/h4-6H,3,7-9H2,1-2H3,(H,17,20). The number of halogens is 2. The van der Waals surface area contributed by atoms with E-state index in [2.05, 4.69) is 5.32 Å². The van der Waals surface area contributed by atoms with Gasteiger partial charge in [-0.3, -0.25) is 9.59 Å². The summed E-state index contributed by atoms with van der Waals surface area (Å²) < 4.78 is 0. The number of carbonyl (C=O) groups excluding carboxylic acids is 2. The van der Waals surface area contributed by atoms with Crippen molar-refractivity contribution in [2.75, 3.05) is 18.0 Å². The summed E-state index contributed by atoms with van der Waals surface area (Å²) in [6, 6.07) is 5.08. The lowest BCUT2D eigenvalue weighted by Crippen LogP contribution is -2.34. The number of rotatable bonds is 6. The first-order valence-corrected chi connectivity index (χ1v) is 7.21. The van der Waals surface area contributed by atoms with Gasteiger partial charge in [-0.1, -0.05) is 36.2 Å². The molecule has 6 heteroatoms. The van der Waals surface area contributed by atoms with Crippen LogP contribution in [0.15, 0.2) is 18.2 Å². The third-order valence-corrected chi connectivity index (χ3v) is 3.55. The maximum absolute atomic E-state index is 11.7. The lowest BCUT2D eigenvalue weighted by atomic mass is 10.2. The molecule has 0 unspecified atom stereocenters. The summed E-state index contributed by atoms with van der Waals surface area (Å²) in [6.07, 6.45) is 1.10. The van der Waals surface area contributed by atoms with E-state index in [1.165, 1.54) is 11.8 Å². The van der Waals surface area contributed by atoms with Crippen molar-refractivity contribution in [1.29, 1.82) is 0 Å². The van der Waals surface area contributed by atoms with Crippen molar-refractivity contribution in [3.8, 4) is 0 Å². The predicted octanol–water partition coefficient (Wildman–Crippen LogP) is 3.26. The van der Waals surface area contributed by atoms with Gasteiger partial charge in [0.1, 0.15) is 0 Å². The average molecular weight is 317 g/mol. The largest absolute Gasteiger partial charge is 0.356 e. The summed E-state index contributed by atoms with van der Waals surface area (Å²) in [7, 11) is 0. The van der Waals surface area contributed by atoms with Gasteiger partial charge in [0.15, 0.2) is 0 Å². The number of nitrogens with zero attached hydrogens (tertiary/aromatic N) is 1. The maximum Gasteiger partial charge on any atom is 0.223 e. The van der Waals surface area contributed by atoms with Gasteiger partial charge in [0, 0.05) is 26.4 Å². The molecule has 0 aliphatic carbocycles. The highest BCUT2D eigenvalue weighted by Gasteiger charge is 2.17. The van der Waals surface area contributed by atoms with Gasteiger partial charge < -0.3 is 10.2 Å². The topological polar surface area (TPSA) is 49.4 Å². The molecule has 0 aliphatic heterocycles. The number of nitrogens with one attached hydrogen (secondary N) is 1. The molecule has 0 atom stereocenters. The van der Waals surface area contributed by atoms with Crippen molar-refractivity contribution in [2.45, 2.75) is 26.7 Å². The molecule has 1 rings (SSSR count). The molecule has 0 aliphatic rings. The van der Waals surface area contributed by atoms with Crippen LogP contribution in [0.3, 0.4) is 0 Å². The van der Waals surface area contributed by atoms with E-state index < -0.39 is 0 Å². The summed E-state index contributed by atoms with van der Waals surface area (Å²) in [6.45, 7) is 4.32. The van der Waals surface area contributed by atoms with Gasteiger partial charge in [-0.15, -0.1) is 0 Å². The smallest absolute Gasteiger partial charge is 0.223 e. The van der Waals surface area contributed by atoms with Crippen LogP contribution in [0.25, 0.3) is 0 Å². The Morgan fingerprint density at radius 1 is 1.30 bits per heavy atom.